The number of primary amides is 1. The van der Waals surface area contributed by atoms with E-state index in [4.69, 9.17) is 19.9 Å². The van der Waals surface area contributed by atoms with E-state index in [1.807, 2.05) is 139 Å². The summed E-state index contributed by atoms with van der Waals surface area (Å²) in [5, 5.41) is 19.9. The van der Waals surface area contributed by atoms with Gasteiger partial charge in [0.1, 0.15) is 30.8 Å². The van der Waals surface area contributed by atoms with Gasteiger partial charge in [-0.2, -0.15) is 0 Å². The van der Waals surface area contributed by atoms with Crippen LogP contribution in [-0.4, -0.2) is 178 Å². The number of nitrogens with zero attached hydrogens (tertiary/aromatic N) is 3. The molecule has 524 valence electrons. The fraction of sp³-hybridized carbons (Fsp3) is 0.548. The molecule has 1 fully saturated rings. The van der Waals surface area contributed by atoms with Gasteiger partial charge in [-0.3, -0.25) is 38.5 Å². The van der Waals surface area contributed by atoms with Crippen molar-refractivity contribution in [2.45, 2.75) is 174 Å². The van der Waals surface area contributed by atoms with Gasteiger partial charge in [0.2, 0.25) is 41.4 Å². The Hall–Kier alpha value is -8.41. The molecule has 96 heavy (non-hydrogen) atoms. The largest absolute Gasteiger partial charge is 0.449 e. The molecular formula is C73H105N11O12. The molecular weight excluding hydrogens is 1220 g/mol. The number of rotatable bonds is 35. The number of benzene rings is 4. The third-order valence-electron chi connectivity index (χ3n) is 18.7. The minimum absolute atomic E-state index is 0.00265. The quantitative estimate of drug-likeness (QED) is 0.0213. The molecule has 4 aromatic rings. The summed E-state index contributed by atoms with van der Waals surface area (Å²) in [6.07, 6.45) is 0.0853. The maximum Gasteiger partial charge on any atom is 0.407 e. The van der Waals surface area contributed by atoms with E-state index in [1.165, 1.54) is 14.2 Å². The van der Waals surface area contributed by atoms with Gasteiger partial charge in [0, 0.05) is 58.9 Å². The number of carbonyl (C=O) groups excluding carboxylic acids is 9. The number of methoxy groups -OCH3 is 2. The first-order valence-electron chi connectivity index (χ1n) is 33.8. The highest BCUT2D eigenvalue weighted by Gasteiger charge is 2.44. The van der Waals surface area contributed by atoms with Crippen LogP contribution in [0.5, 0.6) is 0 Å². The van der Waals surface area contributed by atoms with Crippen molar-refractivity contribution in [2.75, 3.05) is 60.4 Å². The summed E-state index contributed by atoms with van der Waals surface area (Å²) in [5.74, 6) is -4.60. The number of likely N-dealkylation sites (tertiary alicyclic amines) is 1. The lowest BCUT2D eigenvalue weighted by molar-refractivity contribution is -0.148. The zero-order valence-electron chi connectivity index (χ0n) is 58.6. The Morgan fingerprint density at radius 2 is 1.24 bits per heavy atom. The second kappa shape index (κ2) is 36.6. The molecule has 23 heteroatoms. The number of urea groups is 1. The summed E-state index contributed by atoms with van der Waals surface area (Å²) in [6.45, 7) is 17.6. The molecule has 1 saturated heterocycles. The van der Waals surface area contributed by atoms with Gasteiger partial charge in [-0.05, 0) is 109 Å². The monoisotopic (exact) mass is 1330 g/mol. The normalized spacial score (nSPS) is 16.7. The van der Waals surface area contributed by atoms with Crippen molar-refractivity contribution in [1.82, 2.24) is 46.6 Å². The topological polar surface area (TPSA) is 301 Å². The number of fused-ring (bicyclic) bond motifs is 3. The molecule has 2 aliphatic rings. The fourth-order valence-corrected chi connectivity index (χ4v) is 13.4. The van der Waals surface area contributed by atoms with Gasteiger partial charge in [0.15, 0.2) is 0 Å². The Kier molecular flexibility index (Phi) is 29.2. The number of ether oxygens (including phenoxy) is 3. The number of amides is 10. The van der Waals surface area contributed by atoms with Crippen LogP contribution < -0.4 is 43.0 Å². The Morgan fingerprint density at radius 1 is 0.635 bits per heavy atom. The van der Waals surface area contributed by atoms with Crippen LogP contribution in [0.2, 0.25) is 0 Å². The number of hydrogen-bond acceptors (Lipinski definition) is 13. The van der Waals surface area contributed by atoms with Gasteiger partial charge < -0.3 is 67.0 Å². The maximum absolute atomic E-state index is 14.6. The molecule has 9 N–H and O–H groups in total. The van der Waals surface area contributed by atoms with Gasteiger partial charge in [-0.25, -0.2) is 9.59 Å². The summed E-state index contributed by atoms with van der Waals surface area (Å²) in [6, 6.07) is 25.7. The van der Waals surface area contributed by atoms with Crippen molar-refractivity contribution in [3.8, 4) is 11.1 Å². The molecule has 0 spiro atoms. The van der Waals surface area contributed by atoms with E-state index in [0.717, 1.165) is 27.8 Å². The van der Waals surface area contributed by atoms with Crippen molar-refractivity contribution in [2.24, 2.45) is 35.3 Å². The van der Waals surface area contributed by atoms with Crippen molar-refractivity contribution in [1.29, 1.82) is 0 Å². The highest BCUT2D eigenvalue weighted by Crippen LogP contribution is 2.44. The molecule has 4 aromatic carbocycles. The Balaban J connectivity index is 1.08. The molecule has 0 radical (unpaired) electrons. The number of carbonyl (C=O) groups is 9. The average Bonchev–Trinajstić information content (AvgIpc) is 1.59. The number of nitrogens with two attached hydrogens (primary N) is 1. The van der Waals surface area contributed by atoms with Gasteiger partial charge in [0.05, 0.1) is 42.7 Å². The number of nitrogens with one attached hydrogen (secondary N) is 7. The number of likely N-dealkylation sites (N-methyl/N-ethyl adjacent to an activating group) is 2. The summed E-state index contributed by atoms with van der Waals surface area (Å²) in [4.78, 5) is 130. The average molecular weight is 1330 g/mol. The van der Waals surface area contributed by atoms with Crippen molar-refractivity contribution in [3.63, 3.8) is 0 Å². The predicted molar refractivity (Wildman–Crippen MR) is 370 cm³/mol. The van der Waals surface area contributed by atoms with Gasteiger partial charge in [-0.15, -0.1) is 0 Å². The number of alkyl carbamates (subject to hydrolysis) is 1. The second-order valence-electron chi connectivity index (χ2n) is 26.8. The molecule has 0 bridgehead atoms. The third-order valence-corrected chi connectivity index (χ3v) is 18.7. The first-order valence-corrected chi connectivity index (χ1v) is 33.8. The summed E-state index contributed by atoms with van der Waals surface area (Å²) in [7, 11) is 8.42. The van der Waals surface area contributed by atoms with E-state index in [-0.39, 0.29) is 86.8 Å². The van der Waals surface area contributed by atoms with E-state index in [0.29, 0.717) is 37.1 Å². The van der Waals surface area contributed by atoms with Crippen molar-refractivity contribution >= 4 is 59.2 Å². The van der Waals surface area contributed by atoms with E-state index >= 15 is 0 Å². The lowest BCUT2D eigenvalue weighted by Gasteiger charge is -2.41. The van der Waals surface area contributed by atoms with E-state index in [1.54, 1.807) is 61.9 Å². The van der Waals surface area contributed by atoms with Crippen LogP contribution in [0, 0.1) is 29.6 Å². The summed E-state index contributed by atoms with van der Waals surface area (Å²) < 4.78 is 18.0. The van der Waals surface area contributed by atoms with Gasteiger partial charge in [0.25, 0.3) is 0 Å². The smallest absolute Gasteiger partial charge is 0.407 e. The summed E-state index contributed by atoms with van der Waals surface area (Å²) in [5.41, 5.74) is 11.4. The Morgan fingerprint density at radius 3 is 1.80 bits per heavy atom. The number of hydrogen-bond donors (Lipinski definition) is 8. The van der Waals surface area contributed by atoms with Crippen LogP contribution in [0.3, 0.4) is 0 Å². The molecule has 0 aromatic heterocycles. The van der Waals surface area contributed by atoms with Crippen molar-refractivity contribution < 1.29 is 57.4 Å². The third kappa shape index (κ3) is 20.6. The van der Waals surface area contributed by atoms with Crippen LogP contribution in [0.4, 0.5) is 15.3 Å². The minimum atomic E-state index is -1.11. The van der Waals surface area contributed by atoms with Crippen LogP contribution >= 0.6 is 0 Å². The Bertz CT molecular complexity index is 3200. The number of anilines is 1. The first-order chi connectivity index (χ1) is 45.7. The second-order valence-corrected chi connectivity index (χ2v) is 26.8. The van der Waals surface area contributed by atoms with Gasteiger partial charge >= 0.3 is 12.1 Å². The molecule has 6 rings (SSSR count). The SMILES string of the molecule is CC[C@H](C)[C@@H]([C@@H](CC(=O)N1CCC[C@H]1[C@H](OC)[C@@H](C)C(=O)N[C@@H](Cc1ccccc1)C(=O)NCc1ccc(NC(=O)[C@H](CCCNC(N)=O)NC(=O)[C@@H](NC(=O)OCC2c3ccccc3-c3ccccc32)C(C)C)cc1)OC)N(C)C(=O)[C@@H](NC(=O)[C@H](C(C)C)N(C)C)C(C)C. The minimum Gasteiger partial charge on any atom is -0.449 e. The van der Waals surface area contributed by atoms with Crippen LogP contribution in [0.1, 0.15) is 129 Å². The molecule has 23 nitrogen and oxygen atoms in total. The molecule has 10 amide bonds. The maximum atomic E-state index is 14.6. The van der Waals surface area contributed by atoms with Crippen LogP contribution in [0.25, 0.3) is 11.1 Å². The van der Waals surface area contributed by atoms with E-state index in [9.17, 15) is 43.2 Å². The molecule has 1 aliphatic carbocycles. The van der Waals surface area contributed by atoms with E-state index in [2.05, 4.69) is 37.2 Å². The lowest BCUT2D eigenvalue weighted by Crippen LogP contribution is -2.59. The summed E-state index contributed by atoms with van der Waals surface area (Å²) >= 11 is 0. The molecule has 1 aliphatic heterocycles. The first kappa shape index (κ1) is 76.6. The van der Waals surface area contributed by atoms with Crippen LogP contribution in [0.15, 0.2) is 103 Å². The highest BCUT2D eigenvalue weighted by atomic mass is 16.5. The molecule has 1 heterocycles. The van der Waals surface area contributed by atoms with Crippen molar-refractivity contribution in [3.05, 3.63) is 125 Å². The van der Waals surface area contributed by atoms with Gasteiger partial charge in [-0.1, -0.05) is 160 Å². The lowest BCUT2D eigenvalue weighted by atomic mass is 9.89. The fourth-order valence-electron chi connectivity index (χ4n) is 13.4. The standard InChI is InChI=1S/C73H105N11O12/c1-15-46(8)64(83(12)71(91)62(44(4)5)80-70(90)63(45(6)7)82(10)11)59(94-13)40-60(85)84-38-24-32-58(84)65(95-14)47(9)66(86)79-57(39-48-25-17-16-18-26-48)67(87)76-41-49-33-35-50(36-34-49)77-68(88)56(31-23-37-75-72(74)92)78-69(89)61(43(2)3)81-73(93)96-42-55-53-29-21-19-27-51(53)52-28-20-22-30-54(52)55/h16-22,25-30,33-36,43-47,55-59,61-65H,15,23-24,31-32,37-42H2,1-14H3,(H,76,87)(H,77,88)(H,78,89)(H,79,86)(H,80,90)(H,81,93)(H3,74,75,92)/t46-,47+,56-,57-,58-,59+,61-,62-,63-,64-,65+/m0/s1. The zero-order chi connectivity index (χ0) is 70.5. The zero-order valence-corrected chi connectivity index (χ0v) is 58.6. The molecule has 0 saturated carbocycles. The highest BCUT2D eigenvalue weighted by molar-refractivity contribution is 5.98. The predicted octanol–water partition coefficient (Wildman–Crippen LogP) is 7.11. The van der Waals surface area contributed by atoms with Crippen LogP contribution in [-0.2, 0) is 60.7 Å². The van der Waals surface area contributed by atoms with E-state index < -0.39 is 102 Å². The Labute approximate surface area is 567 Å². The molecule has 0 unspecified atom stereocenters. The molecule has 11 atom stereocenters.